The highest BCUT2D eigenvalue weighted by molar-refractivity contribution is 7.92. The van der Waals surface area contributed by atoms with Crippen LogP contribution in [0.25, 0.3) is 0 Å². The minimum atomic E-state index is -4.82. The van der Waals surface area contributed by atoms with Gasteiger partial charge in [0.25, 0.3) is 10.0 Å². The van der Waals surface area contributed by atoms with Crippen LogP contribution in [0.5, 0.6) is 0 Å². The predicted molar refractivity (Wildman–Crippen MR) is 100 cm³/mol. The first kappa shape index (κ1) is 21.1. The molecule has 154 valence electrons. The second-order valence-corrected chi connectivity index (χ2v) is 8.38. The van der Waals surface area contributed by atoms with E-state index in [2.05, 4.69) is 0 Å². The van der Waals surface area contributed by atoms with E-state index in [0.717, 1.165) is 29.2 Å². The van der Waals surface area contributed by atoms with Crippen molar-refractivity contribution in [1.29, 1.82) is 0 Å². The molecular formula is C18H14ClF3N2O4S. The summed E-state index contributed by atoms with van der Waals surface area (Å²) in [4.78, 5) is 24.5. The second kappa shape index (κ2) is 7.68. The van der Waals surface area contributed by atoms with Gasteiger partial charge < -0.3 is 0 Å². The maximum atomic E-state index is 13.2. The Hall–Kier alpha value is -2.59. The molecule has 0 aromatic heterocycles. The Bertz CT molecular complexity index is 1050. The van der Waals surface area contributed by atoms with Gasteiger partial charge in [-0.2, -0.15) is 13.2 Å². The van der Waals surface area contributed by atoms with Crippen LogP contribution in [0.3, 0.4) is 0 Å². The molecule has 1 aliphatic rings. The van der Waals surface area contributed by atoms with Crippen molar-refractivity contribution in [3.63, 3.8) is 0 Å². The molecule has 2 aromatic carbocycles. The van der Waals surface area contributed by atoms with Crippen LogP contribution in [-0.2, 0) is 25.8 Å². The molecule has 1 fully saturated rings. The summed E-state index contributed by atoms with van der Waals surface area (Å²) in [5, 5.41) is -0.194. The van der Waals surface area contributed by atoms with Crippen molar-refractivity contribution in [2.45, 2.75) is 30.3 Å². The van der Waals surface area contributed by atoms with Crippen LogP contribution in [0.1, 0.15) is 24.8 Å². The van der Waals surface area contributed by atoms with Gasteiger partial charge in [-0.05, 0) is 48.9 Å². The van der Waals surface area contributed by atoms with Crippen LogP contribution < -0.4 is 9.62 Å². The number of amides is 2. The van der Waals surface area contributed by atoms with Crippen molar-refractivity contribution < 1.29 is 31.2 Å². The van der Waals surface area contributed by atoms with Crippen LogP contribution >= 0.6 is 11.6 Å². The van der Waals surface area contributed by atoms with Crippen molar-refractivity contribution in [2.75, 3.05) is 9.62 Å². The van der Waals surface area contributed by atoms with Gasteiger partial charge in [0.1, 0.15) is 0 Å². The van der Waals surface area contributed by atoms with E-state index in [4.69, 9.17) is 11.6 Å². The average Bonchev–Trinajstić information content (AvgIpc) is 2.62. The van der Waals surface area contributed by atoms with Gasteiger partial charge in [-0.25, -0.2) is 8.42 Å². The second-order valence-electron chi connectivity index (χ2n) is 6.26. The van der Waals surface area contributed by atoms with Crippen molar-refractivity contribution >= 4 is 44.8 Å². The molecule has 1 aliphatic heterocycles. The highest BCUT2D eigenvalue weighted by Crippen LogP contribution is 2.37. The molecule has 0 aliphatic carbocycles. The van der Waals surface area contributed by atoms with Crippen LogP contribution in [0.4, 0.5) is 24.5 Å². The minimum Gasteiger partial charge on any atom is -0.279 e. The summed E-state index contributed by atoms with van der Waals surface area (Å²) in [5.41, 5.74) is -1.71. The zero-order valence-corrected chi connectivity index (χ0v) is 16.2. The third kappa shape index (κ3) is 4.54. The molecule has 2 amide bonds. The summed E-state index contributed by atoms with van der Waals surface area (Å²) in [6.07, 6.45) is -3.97. The van der Waals surface area contributed by atoms with Gasteiger partial charge >= 0.3 is 6.18 Å². The summed E-state index contributed by atoms with van der Waals surface area (Å²) < 4.78 is 66.5. The van der Waals surface area contributed by atoms with E-state index in [-0.39, 0.29) is 28.4 Å². The number of benzene rings is 2. The summed E-state index contributed by atoms with van der Waals surface area (Å²) in [5.74, 6) is -0.795. The van der Waals surface area contributed by atoms with Crippen molar-refractivity contribution in [1.82, 2.24) is 0 Å². The van der Waals surface area contributed by atoms with E-state index in [0.29, 0.717) is 12.5 Å². The summed E-state index contributed by atoms with van der Waals surface area (Å²) in [6, 6.07) is 7.39. The van der Waals surface area contributed by atoms with Gasteiger partial charge in [0, 0.05) is 17.9 Å². The van der Waals surface area contributed by atoms with E-state index >= 15 is 0 Å². The first-order valence-corrected chi connectivity index (χ1v) is 10.2. The number of nitrogens with zero attached hydrogens (tertiary/aromatic N) is 1. The number of imide groups is 1. The van der Waals surface area contributed by atoms with Gasteiger partial charge in [0.2, 0.25) is 11.8 Å². The number of hydrogen-bond donors (Lipinski definition) is 1. The Morgan fingerprint density at radius 3 is 2.10 bits per heavy atom. The summed E-state index contributed by atoms with van der Waals surface area (Å²) >= 11 is 5.59. The Morgan fingerprint density at radius 1 is 0.966 bits per heavy atom. The number of piperidine rings is 1. The Morgan fingerprint density at radius 2 is 1.55 bits per heavy atom. The molecule has 2 aromatic rings. The highest BCUT2D eigenvalue weighted by atomic mass is 35.5. The number of rotatable bonds is 4. The fraction of sp³-hybridized carbons (Fsp3) is 0.222. The quantitative estimate of drug-likeness (QED) is 0.713. The fourth-order valence-corrected chi connectivity index (χ4v) is 4.11. The molecule has 29 heavy (non-hydrogen) atoms. The van der Waals surface area contributed by atoms with E-state index in [9.17, 15) is 31.2 Å². The number of halogens is 4. The third-order valence-corrected chi connectivity index (χ3v) is 5.83. The number of alkyl halides is 3. The molecule has 0 atom stereocenters. The molecule has 0 bridgehead atoms. The Labute approximate surface area is 169 Å². The lowest BCUT2D eigenvalue weighted by Gasteiger charge is -2.25. The first-order valence-electron chi connectivity index (χ1n) is 8.34. The molecule has 1 heterocycles. The maximum Gasteiger partial charge on any atom is 0.418 e. The molecule has 11 heteroatoms. The molecule has 1 N–H and O–H groups in total. The molecule has 0 saturated carbocycles. The summed E-state index contributed by atoms with van der Waals surface area (Å²) in [7, 11) is -4.36. The average molecular weight is 447 g/mol. The topological polar surface area (TPSA) is 83.6 Å². The SMILES string of the molecule is O=C1CCCC(=O)N1c1ccc(S(=O)(=O)Nc2ccc(Cl)cc2C(F)(F)F)cc1. The van der Waals surface area contributed by atoms with Crippen LogP contribution in [0.15, 0.2) is 47.4 Å². The smallest absolute Gasteiger partial charge is 0.279 e. The lowest BCUT2D eigenvalue weighted by atomic mass is 10.1. The maximum absolute atomic E-state index is 13.2. The van der Waals surface area contributed by atoms with Crippen molar-refractivity contribution in [3.05, 3.63) is 53.1 Å². The molecule has 6 nitrogen and oxygen atoms in total. The number of carbonyl (C=O) groups is 2. The number of anilines is 2. The first-order chi connectivity index (χ1) is 13.5. The largest absolute Gasteiger partial charge is 0.418 e. The molecule has 0 radical (unpaired) electrons. The van der Waals surface area contributed by atoms with Crippen molar-refractivity contribution in [2.24, 2.45) is 0 Å². The van der Waals surface area contributed by atoms with Gasteiger partial charge in [-0.3, -0.25) is 19.2 Å². The standard InChI is InChI=1S/C18H14ClF3N2O4S/c19-11-4-9-15(14(10-11)18(20,21)22)23-29(27,28)13-7-5-12(6-8-13)24-16(25)2-1-3-17(24)26/h4-10,23H,1-3H2. The monoisotopic (exact) mass is 446 g/mol. The molecular weight excluding hydrogens is 433 g/mol. The Balaban J connectivity index is 1.90. The molecule has 0 unspecified atom stereocenters. The molecule has 0 spiro atoms. The minimum absolute atomic E-state index is 0.194. The van der Waals surface area contributed by atoms with Gasteiger partial charge in [0.05, 0.1) is 21.8 Å². The number of carbonyl (C=O) groups excluding carboxylic acids is 2. The number of hydrogen-bond acceptors (Lipinski definition) is 4. The lowest BCUT2D eigenvalue weighted by molar-refractivity contribution is -0.137. The van der Waals surface area contributed by atoms with Gasteiger partial charge in [-0.1, -0.05) is 11.6 Å². The number of nitrogens with one attached hydrogen (secondary N) is 1. The zero-order valence-electron chi connectivity index (χ0n) is 14.7. The van der Waals surface area contributed by atoms with Gasteiger partial charge in [0.15, 0.2) is 0 Å². The predicted octanol–water partition coefficient (Wildman–Crippen LogP) is 4.20. The lowest BCUT2D eigenvalue weighted by Crippen LogP contribution is -2.40. The molecule has 1 saturated heterocycles. The highest BCUT2D eigenvalue weighted by Gasteiger charge is 2.35. The Kier molecular flexibility index (Phi) is 5.59. The van der Waals surface area contributed by atoms with Crippen LogP contribution in [-0.4, -0.2) is 20.2 Å². The van der Waals surface area contributed by atoms with E-state index < -0.39 is 39.3 Å². The molecule has 3 rings (SSSR count). The van der Waals surface area contributed by atoms with E-state index in [1.807, 2.05) is 4.72 Å². The third-order valence-electron chi connectivity index (χ3n) is 4.22. The van der Waals surface area contributed by atoms with Crippen LogP contribution in [0, 0.1) is 0 Å². The summed E-state index contributed by atoms with van der Waals surface area (Å²) in [6.45, 7) is 0. The normalized spacial score (nSPS) is 15.5. The fourth-order valence-electron chi connectivity index (χ4n) is 2.86. The van der Waals surface area contributed by atoms with E-state index in [1.54, 1.807) is 0 Å². The zero-order chi connectivity index (χ0) is 21.4. The van der Waals surface area contributed by atoms with Crippen molar-refractivity contribution in [3.8, 4) is 0 Å². The van der Waals surface area contributed by atoms with Gasteiger partial charge in [-0.15, -0.1) is 0 Å². The van der Waals surface area contributed by atoms with E-state index in [1.165, 1.54) is 12.1 Å². The van der Waals surface area contributed by atoms with Crippen LogP contribution in [0.2, 0.25) is 5.02 Å². The number of sulfonamides is 1.